The molecule has 0 spiro atoms. The molecule has 5 nitrogen and oxygen atoms in total. The molecule has 0 saturated heterocycles. The summed E-state index contributed by atoms with van der Waals surface area (Å²) in [6.07, 6.45) is 0. The van der Waals surface area contributed by atoms with Crippen molar-refractivity contribution in [1.29, 1.82) is 0 Å². The van der Waals surface area contributed by atoms with Crippen LogP contribution in [0.4, 0.5) is 11.4 Å². The Morgan fingerprint density at radius 2 is 2.14 bits per heavy atom. The molecule has 0 radical (unpaired) electrons. The summed E-state index contributed by atoms with van der Waals surface area (Å²) in [4.78, 5) is 12.2. The summed E-state index contributed by atoms with van der Waals surface area (Å²) in [7, 11) is 0. The molecule has 2 aromatic carbocycles. The Kier molecular flexibility index (Phi) is 3.06. The molecule has 0 saturated carbocycles. The number of nitrogens with zero attached hydrogens (tertiary/aromatic N) is 2. The first-order chi connectivity index (χ1) is 10.2. The molecule has 0 fully saturated rings. The van der Waals surface area contributed by atoms with Crippen LogP contribution in [-0.2, 0) is 4.79 Å². The fourth-order valence-electron chi connectivity index (χ4n) is 2.46. The van der Waals surface area contributed by atoms with Crippen LogP contribution in [0.3, 0.4) is 0 Å². The second kappa shape index (κ2) is 4.94. The first-order valence-corrected chi connectivity index (χ1v) is 8.63. The summed E-state index contributed by atoms with van der Waals surface area (Å²) >= 11 is 3.33. The predicted molar refractivity (Wildman–Crippen MR) is 85.6 cm³/mol. The zero-order valence-electron chi connectivity index (χ0n) is 10.6. The molecular formula is C14H9BrN4OSe. The number of rotatable bonds is 2. The number of carbonyl (C=O) groups excluding carboxylic acids is 1. The van der Waals surface area contributed by atoms with Crippen molar-refractivity contribution in [1.82, 2.24) is 7.96 Å². The molecule has 21 heavy (non-hydrogen) atoms. The first-order valence-electron chi connectivity index (χ1n) is 6.30. The van der Waals surface area contributed by atoms with E-state index in [0.29, 0.717) is 0 Å². The number of amides is 1. The molecule has 2 heterocycles. The number of halogens is 1. The molecular weight excluding hydrogens is 399 g/mol. The summed E-state index contributed by atoms with van der Waals surface area (Å²) in [6.45, 7) is 0. The van der Waals surface area contributed by atoms with Crippen LogP contribution in [0.15, 0.2) is 40.9 Å². The van der Waals surface area contributed by atoms with Crippen LogP contribution in [0.25, 0.3) is 11.0 Å². The number of hydrogen-bond acceptors (Lipinski definition) is 4. The minimum atomic E-state index is -0.400. The second-order valence-electron chi connectivity index (χ2n) is 4.74. The van der Waals surface area contributed by atoms with Crippen LogP contribution in [0.5, 0.6) is 0 Å². The van der Waals surface area contributed by atoms with E-state index in [9.17, 15) is 4.79 Å². The van der Waals surface area contributed by atoms with Crippen molar-refractivity contribution in [3.05, 3.63) is 46.4 Å². The van der Waals surface area contributed by atoms with E-state index in [1.54, 1.807) is 0 Å². The van der Waals surface area contributed by atoms with E-state index >= 15 is 0 Å². The van der Waals surface area contributed by atoms with E-state index in [2.05, 4.69) is 34.5 Å². The van der Waals surface area contributed by atoms with Crippen LogP contribution in [0.1, 0.15) is 11.6 Å². The SMILES string of the molecule is O=C1Nc2cc(Br)ccc2C1Nc1cccc2n[se]nc12. The van der Waals surface area contributed by atoms with Gasteiger partial charge in [0, 0.05) is 0 Å². The molecule has 0 aliphatic carbocycles. The molecule has 0 bridgehead atoms. The number of carbonyl (C=O) groups is 1. The Hall–Kier alpha value is -1.69. The van der Waals surface area contributed by atoms with Crippen LogP contribution in [-0.4, -0.2) is 28.8 Å². The van der Waals surface area contributed by atoms with Gasteiger partial charge < -0.3 is 0 Å². The van der Waals surface area contributed by atoms with Crippen LogP contribution >= 0.6 is 15.9 Å². The van der Waals surface area contributed by atoms with E-state index in [4.69, 9.17) is 0 Å². The van der Waals surface area contributed by atoms with E-state index in [1.807, 2.05) is 36.4 Å². The van der Waals surface area contributed by atoms with Crippen LogP contribution < -0.4 is 10.6 Å². The summed E-state index contributed by atoms with van der Waals surface area (Å²) in [5, 5.41) is 6.19. The summed E-state index contributed by atoms with van der Waals surface area (Å²) in [5.74, 6) is -0.0545. The van der Waals surface area contributed by atoms with E-state index in [0.717, 1.165) is 32.4 Å². The molecule has 1 unspecified atom stereocenters. The third-order valence-electron chi connectivity index (χ3n) is 3.43. The van der Waals surface area contributed by atoms with Gasteiger partial charge in [-0.1, -0.05) is 0 Å². The topological polar surface area (TPSA) is 66.9 Å². The van der Waals surface area contributed by atoms with E-state index in [1.165, 1.54) is 0 Å². The van der Waals surface area contributed by atoms with Gasteiger partial charge in [-0.05, 0) is 0 Å². The van der Waals surface area contributed by atoms with Crippen molar-refractivity contribution < 1.29 is 4.79 Å². The summed E-state index contributed by atoms with van der Waals surface area (Å²) in [6, 6.07) is 11.2. The molecule has 1 aromatic heterocycles. The van der Waals surface area contributed by atoms with Crippen molar-refractivity contribution in [2.24, 2.45) is 0 Å². The Morgan fingerprint density at radius 3 is 3.05 bits per heavy atom. The van der Waals surface area contributed by atoms with Crippen molar-refractivity contribution in [3.63, 3.8) is 0 Å². The van der Waals surface area contributed by atoms with Gasteiger partial charge in [-0.3, -0.25) is 0 Å². The molecule has 2 N–H and O–H groups in total. The van der Waals surface area contributed by atoms with Crippen LogP contribution in [0, 0.1) is 0 Å². The number of hydrogen-bond donors (Lipinski definition) is 2. The van der Waals surface area contributed by atoms with Crippen molar-refractivity contribution in [3.8, 4) is 0 Å². The predicted octanol–water partition coefficient (Wildman–Crippen LogP) is 2.55. The fourth-order valence-corrected chi connectivity index (χ4v) is 3.97. The number of anilines is 2. The fraction of sp³-hybridized carbons (Fsp3) is 0.0714. The number of aromatic nitrogens is 2. The Labute approximate surface area is 135 Å². The average molecular weight is 408 g/mol. The van der Waals surface area contributed by atoms with Gasteiger partial charge in [-0.15, -0.1) is 0 Å². The van der Waals surface area contributed by atoms with Crippen molar-refractivity contribution in [2.75, 3.05) is 10.6 Å². The number of nitrogens with one attached hydrogen (secondary N) is 2. The van der Waals surface area contributed by atoms with Gasteiger partial charge in [0.1, 0.15) is 0 Å². The molecule has 3 aromatic rings. The zero-order chi connectivity index (χ0) is 14.4. The Bertz CT molecular complexity index is 863. The summed E-state index contributed by atoms with van der Waals surface area (Å²) < 4.78 is 9.73. The molecule has 1 atom stereocenters. The van der Waals surface area contributed by atoms with Gasteiger partial charge in [0.2, 0.25) is 0 Å². The third kappa shape index (κ3) is 2.18. The molecule has 1 aliphatic heterocycles. The van der Waals surface area contributed by atoms with Gasteiger partial charge in [0.15, 0.2) is 0 Å². The molecule has 4 rings (SSSR count). The molecule has 104 valence electrons. The zero-order valence-corrected chi connectivity index (χ0v) is 13.9. The standard InChI is InChI=1S/C14H9BrN4OSe/c15-7-4-5-8-11(6-7)17-14(20)12(8)16-9-2-1-3-10-13(9)19-21-18-10/h1-6,12,16H,(H,17,20). The van der Waals surface area contributed by atoms with Gasteiger partial charge in [-0.2, -0.15) is 0 Å². The summed E-state index contributed by atoms with van der Waals surface area (Å²) in [5.41, 5.74) is 4.39. The van der Waals surface area contributed by atoms with E-state index < -0.39 is 6.04 Å². The van der Waals surface area contributed by atoms with Gasteiger partial charge >= 0.3 is 135 Å². The second-order valence-corrected chi connectivity index (χ2v) is 6.76. The van der Waals surface area contributed by atoms with Crippen molar-refractivity contribution >= 4 is 59.2 Å². The third-order valence-corrected chi connectivity index (χ3v) is 5.06. The van der Waals surface area contributed by atoms with E-state index in [-0.39, 0.29) is 20.9 Å². The monoisotopic (exact) mass is 408 g/mol. The quantitative estimate of drug-likeness (QED) is 0.640. The average Bonchev–Trinajstić information content (AvgIpc) is 3.04. The number of fused-ring (bicyclic) bond motifs is 2. The Balaban J connectivity index is 1.75. The maximum absolute atomic E-state index is 12.2. The van der Waals surface area contributed by atoms with Gasteiger partial charge in [0.05, 0.1) is 0 Å². The minimum absolute atomic E-state index is 0.0545. The molecule has 1 amide bonds. The van der Waals surface area contributed by atoms with Crippen molar-refractivity contribution in [2.45, 2.75) is 6.04 Å². The first kappa shape index (κ1) is 13.0. The van der Waals surface area contributed by atoms with Gasteiger partial charge in [0.25, 0.3) is 0 Å². The van der Waals surface area contributed by atoms with Gasteiger partial charge in [-0.25, -0.2) is 0 Å². The van der Waals surface area contributed by atoms with Crippen LogP contribution in [0.2, 0.25) is 0 Å². The normalized spacial score (nSPS) is 16.8. The number of benzene rings is 2. The Morgan fingerprint density at radius 1 is 1.24 bits per heavy atom. The molecule has 1 aliphatic rings. The molecule has 7 heteroatoms. The maximum atomic E-state index is 12.2.